The van der Waals surface area contributed by atoms with Crippen LogP contribution in [0.2, 0.25) is 0 Å². The van der Waals surface area contributed by atoms with E-state index < -0.39 is 0 Å². The maximum absolute atomic E-state index is 13.2. The van der Waals surface area contributed by atoms with Crippen LogP contribution in [-0.2, 0) is 16.0 Å². The third-order valence-electron chi connectivity index (χ3n) is 5.02. The Morgan fingerprint density at radius 3 is 2.03 bits per heavy atom. The fourth-order valence-electron chi connectivity index (χ4n) is 3.43. The monoisotopic (exact) mass is 382 g/mol. The van der Waals surface area contributed by atoms with Crippen molar-refractivity contribution < 1.29 is 9.59 Å². The molecule has 4 heteroatoms. The lowest BCUT2D eigenvalue weighted by atomic mass is 10.0. The van der Waals surface area contributed by atoms with E-state index in [0.29, 0.717) is 24.2 Å². The Labute approximate surface area is 170 Å². The fourth-order valence-corrected chi connectivity index (χ4v) is 3.43. The number of hydrogen-bond donors (Lipinski definition) is 1. The van der Waals surface area contributed by atoms with E-state index in [2.05, 4.69) is 5.32 Å². The van der Waals surface area contributed by atoms with Crippen molar-refractivity contribution in [2.75, 3.05) is 11.9 Å². The van der Waals surface area contributed by atoms with Gasteiger partial charge in [0.15, 0.2) is 0 Å². The fraction of sp³-hybridized carbons (Fsp3) is 0.120. The summed E-state index contributed by atoms with van der Waals surface area (Å²) in [5, 5.41) is 3.19. The minimum Gasteiger partial charge on any atom is -0.350 e. The molecule has 144 valence electrons. The Balaban J connectivity index is 1.65. The van der Waals surface area contributed by atoms with Gasteiger partial charge in [-0.25, -0.2) is 0 Å². The lowest BCUT2D eigenvalue weighted by Gasteiger charge is -2.15. The maximum atomic E-state index is 13.2. The predicted molar refractivity (Wildman–Crippen MR) is 115 cm³/mol. The molecule has 0 fully saturated rings. The van der Waals surface area contributed by atoms with Gasteiger partial charge in [-0.05, 0) is 36.6 Å². The van der Waals surface area contributed by atoms with Gasteiger partial charge in [-0.2, -0.15) is 0 Å². The number of hydrogen-bond acceptors (Lipinski definition) is 3. The van der Waals surface area contributed by atoms with E-state index in [1.807, 2.05) is 91.9 Å². The summed E-state index contributed by atoms with van der Waals surface area (Å²) in [4.78, 5) is 27.7. The molecule has 29 heavy (non-hydrogen) atoms. The van der Waals surface area contributed by atoms with Crippen molar-refractivity contribution in [3.63, 3.8) is 0 Å². The van der Waals surface area contributed by atoms with Crippen molar-refractivity contribution in [2.45, 2.75) is 13.3 Å². The van der Waals surface area contributed by atoms with Gasteiger partial charge in [0.1, 0.15) is 5.70 Å². The summed E-state index contributed by atoms with van der Waals surface area (Å²) in [6.07, 6.45) is 0.623. The van der Waals surface area contributed by atoms with Crippen molar-refractivity contribution in [3.05, 3.63) is 107 Å². The van der Waals surface area contributed by atoms with E-state index in [1.165, 1.54) is 4.90 Å². The third kappa shape index (κ3) is 3.97. The van der Waals surface area contributed by atoms with Crippen LogP contribution in [0, 0.1) is 6.92 Å². The number of benzene rings is 3. The highest BCUT2D eigenvalue weighted by molar-refractivity contribution is 6.36. The minimum atomic E-state index is -0.287. The number of nitrogens with one attached hydrogen (secondary N) is 1. The number of carbonyl (C=O) groups excluding carboxylic acids is 2. The molecule has 3 aromatic carbocycles. The molecule has 1 N–H and O–H groups in total. The maximum Gasteiger partial charge on any atom is 0.278 e. The van der Waals surface area contributed by atoms with Gasteiger partial charge in [-0.3, -0.25) is 14.5 Å². The zero-order valence-corrected chi connectivity index (χ0v) is 16.3. The Morgan fingerprint density at radius 1 is 0.759 bits per heavy atom. The highest BCUT2D eigenvalue weighted by Gasteiger charge is 2.38. The molecular formula is C25H22N2O2. The van der Waals surface area contributed by atoms with Gasteiger partial charge in [-0.1, -0.05) is 78.4 Å². The van der Waals surface area contributed by atoms with Crippen molar-refractivity contribution in [1.29, 1.82) is 0 Å². The molecule has 1 aliphatic heterocycles. The second kappa shape index (κ2) is 8.15. The van der Waals surface area contributed by atoms with E-state index in [9.17, 15) is 9.59 Å². The van der Waals surface area contributed by atoms with E-state index >= 15 is 0 Å². The molecule has 4 nitrogen and oxygen atoms in total. The average molecular weight is 382 g/mol. The average Bonchev–Trinajstić information content (AvgIpc) is 2.99. The lowest BCUT2D eigenvalue weighted by Crippen LogP contribution is -2.34. The summed E-state index contributed by atoms with van der Waals surface area (Å²) >= 11 is 0. The van der Waals surface area contributed by atoms with Crippen molar-refractivity contribution in [1.82, 2.24) is 4.90 Å². The molecule has 4 rings (SSSR count). The minimum absolute atomic E-state index is 0.258. The molecule has 1 aliphatic rings. The van der Waals surface area contributed by atoms with Gasteiger partial charge in [0.2, 0.25) is 0 Å². The van der Waals surface area contributed by atoms with Crippen LogP contribution >= 0.6 is 0 Å². The van der Waals surface area contributed by atoms with Crippen LogP contribution in [0.1, 0.15) is 16.7 Å². The van der Waals surface area contributed by atoms with Crippen LogP contribution in [0.25, 0.3) is 5.57 Å². The molecule has 0 aliphatic carbocycles. The first-order valence-electron chi connectivity index (χ1n) is 9.67. The first kappa shape index (κ1) is 18.7. The molecule has 3 aromatic rings. The number of carbonyl (C=O) groups is 2. The largest absolute Gasteiger partial charge is 0.350 e. The van der Waals surface area contributed by atoms with Gasteiger partial charge >= 0.3 is 0 Å². The van der Waals surface area contributed by atoms with Gasteiger partial charge in [0, 0.05) is 12.2 Å². The Hall–Kier alpha value is -3.66. The summed E-state index contributed by atoms with van der Waals surface area (Å²) in [6.45, 7) is 2.35. The lowest BCUT2D eigenvalue weighted by molar-refractivity contribution is -0.136. The van der Waals surface area contributed by atoms with Crippen LogP contribution in [-0.4, -0.2) is 23.3 Å². The van der Waals surface area contributed by atoms with Crippen molar-refractivity contribution >= 4 is 23.1 Å². The normalized spacial score (nSPS) is 13.9. The van der Waals surface area contributed by atoms with Gasteiger partial charge in [0.25, 0.3) is 11.8 Å². The molecular weight excluding hydrogens is 360 g/mol. The Kier molecular flexibility index (Phi) is 5.25. The van der Waals surface area contributed by atoms with E-state index in [0.717, 1.165) is 22.4 Å². The molecule has 0 radical (unpaired) electrons. The molecule has 1 heterocycles. The molecule has 0 aromatic heterocycles. The van der Waals surface area contributed by atoms with Gasteiger partial charge in [0.05, 0.1) is 5.57 Å². The number of nitrogens with zero attached hydrogens (tertiary/aromatic N) is 1. The summed E-state index contributed by atoms with van der Waals surface area (Å²) in [5.74, 6) is -0.544. The first-order valence-corrected chi connectivity index (χ1v) is 9.67. The quantitative estimate of drug-likeness (QED) is 0.642. The molecule has 2 amide bonds. The van der Waals surface area contributed by atoms with Crippen molar-refractivity contribution in [2.24, 2.45) is 0 Å². The molecule has 0 atom stereocenters. The summed E-state index contributed by atoms with van der Waals surface area (Å²) < 4.78 is 0. The first-order chi connectivity index (χ1) is 14.1. The van der Waals surface area contributed by atoms with E-state index in [1.54, 1.807) is 0 Å². The molecule has 0 spiro atoms. The zero-order chi connectivity index (χ0) is 20.2. The van der Waals surface area contributed by atoms with Crippen LogP contribution < -0.4 is 5.32 Å². The van der Waals surface area contributed by atoms with Crippen LogP contribution in [0.5, 0.6) is 0 Å². The second-order valence-corrected chi connectivity index (χ2v) is 7.10. The Morgan fingerprint density at radius 2 is 1.38 bits per heavy atom. The van der Waals surface area contributed by atoms with Crippen LogP contribution in [0.3, 0.4) is 0 Å². The third-order valence-corrected chi connectivity index (χ3v) is 5.02. The molecule has 0 saturated carbocycles. The van der Waals surface area contributed by atoms with Gasteiger partial charge in [-0.15, -0.1) is 0 Å². The van der Waals surface area contributed by atoms with Crippen molar-refractivity contribution in [3.8, 4) is 0 Å². The number of rotatable bonds is 6. The highest BCUT2D eigenvalue weighted by atomic mass is 16.2. The molecule has 0 bridgehead atoms. The SMILES string of the molecule is Cc1ccc(NC2=C(c3ccccc3)C(=O)N(CCc3ccccc3)C2=O)cc1. The number of amides is 2. The second-order valence-electron chi connectivity index (χ2n) is 7.10. The summed E-state index contributed by atoms with van der Waals surface area (Å²) in [7, 11) is 0. The standard InChI is InChI=1S/C25H22N2O2/c1-18-12-14-21(15-13-18)26-23-22(20-10-6-3-7-11-20)24(28)27(25(23)29)17-16-19-8-4-2-5-9-19/h2-15,26H,16-17H2,1H3. The zero-order valence-electron chi connectivity index (χ0n) is 16.3. The summed E-state index contributed by atoms with van der Waals surface area (Å²) in [5.41, 5.74) is 4.50. The number of imide groups is 1. The Bertz CT molecular complexity index is 1050. The van der Waals surface area contributed by atoms with Crippen LogP contribution in [0.4, 0.5) is 5.69 Å². The van der Waals surface area contributed by atoms with Gasteiger partial charge < -0.3 is 5.32 Å². The van der Waals surface area contributed by atoms with Crippen LogP contribution in [0.15, 0.2) is 90.6 Å². The number of aryl methyl sites for hydroxylation is 1. The predicted octanol–water partition coefficient (Wildman–Crippen LogP) is 4.43. The summed E-state index contributed by atoms with van der Waals surface area (Å²) in [6, 6.07) is 27.0. The molecule has 0 unspecified atom stereocenters. The highest BCUT2D eigenvalue weighted by Crippen LogP contribution is 2.30. The number of anilines is 1. The van der Waals surface area contributed by atoms with E-state index in [-0.39, 0.29) is 11.8 Å². The topological polar surface area (TPSA) is 49.4 Å². The van der Waals surface area contributed by atoms with E-state index in [4.69, 9.17) is 0 Å². The molecule has 0 saturated heterocycles. The smallest absolute Gasteiger partial charge is 0.278 e.